The molecule has 0 spiro atoms. The summed E-state index contributed by atoms with van der Waals surface area (Å²) in [7, 11) is -1.78. The lowest BCUT2D eigenvalue weighted by Gasteiger charge is -2.35. The second kappa shape index (κ2) is 7.21. The number of hydrogen-bond acceptors (Lipinski definition) is 4. The van der Waals surface area contributed by atoms with Gasteiger partial charge >= 0.3 is 5.97 Å². The van der Waals surface area contributed by atoms with E-state index in [0.717, 1.165) is 0 Å². The summed E-state index contributed by atoms with van der Waals surface area (Å²) in [6.07, 6.45) is 2.39. The van der Waals surface area contributed by atoms with Gasteiger partial charge in [-0.05, 0) is 32.6 Å². The first kappa shape index (κ1) is 16.4. The molecule has 0 radical (unpaired) electrons. The van der Waals surface area contributed by atoms with Gasteiger partial charge in [-0.3, -0.25) is 4.79 Å². The molecule has 0 saturated carbocycles. The largest absolute Gasteiger partial charge is 0.481 e. The molecule has 0 aromatic rings. The van der Waals surface area contributed by atoms with Gasteiger partial charge in [-0.2, -0.15) is 4.31 Å². The SMILES string of the molecule is COCCCCS(=O)(=O)N1CC(C(=O)O)CCC1C. The summed E-state index contributed by atoms with van der Waals surface area (Å²) >= 11 is 0. The van der Waals surface area contributed by atoms with Gasteiger partial charge in [-0.15, -0.1) is 0 Å². The van der Waals surface area contributed by atoms with E-state index in [0.29, 0.717) is 32.3 Å². The maximum Gasteiger partial charge on any atom is 0.307 e. The van der Waals surface area contributed by atoms with Crippen LogP contribution in [0.2, 0.25) is 0 Å². The molecule has 1 N–H and O–H groups in total. The normalized spacial score (nSPS) is 25.4. The summed E-state index contributed by atoms with van der Waals surface area (Å²) in [5.74, 6) is -1.43. The number of carboxylic acid groups (broad SMARTS) is 1. The number of unbranched alkanes of at least 4 members (excludes halogenated alkanes) is 1. The molecular weight excluding hydrogens is 270 g/mol. The summed E-state index contributed by atoms with van der Waals surface area (Å²) in [5.41, 5.74) is 0. The predicted octanol–water partition coefficient (Wildman–Crippen LogP) is 0.928. The molecule has 0 aromatic carbocycles. The molecule has 0 bridgehead atoms. The molecule has 112 valence electrons. The number of ether oxygens (including phenoxy) is 1. The fourth-order valence-electron chi connectivity index (χ4n) is 2.31. The standard InChI is InChI=1S/C12H23NO5S/c1-10-5-6-11(12(14)15)9-13(10)19(16,17)8-4-3-7-18-2/h10-11H,3-9H2,1-2H3,(H,14,15). The average molecular weight is 293 g/mol. The van der Waals surface area contributed by atoms with Crippen LogP contribution < -0.4 is 0 Å². The van der Waals surface area contributed by atoms with E-state index in [-0.39, 0.29) is 18.3 Å². The highest BCUT2D eigenvalue weighted by Crippen LogP contribution is 2.25. The van der Waals surface area contributed by atoms with Crippen molar-refractivity contribution < 1.29 is 23.1 Å². The van der Waals surface area contributed by atoms with E-state index in [1.54, 1.807) is 7.11 Å². The number of sulfonamides is 1. The molecule has 1 aliphatic heterocycles. The zero-order valence-electron chi connectivity index (χ0n) is 11.5. The number of carboxylic acids is 1. The van der Waals surface area contributed by atoms with Gasteiger partial charge in [-0.1, -0.05) is 0 Å². The zero-order valence-corrected chi connectivity index (χ0v) is 12.4. The summed E-state index contributed by atoms with van der Waals surface area (Å²) in [4.78, 5) is 11.0. The molecule has 0 aromatic heterocycles. The number of hydrogen-bond donors (Lipinski definition) is 1. The monoisotopic (exact) mass is 293 g/mol. The average Bonchev–Trinajstić information content (AvgIpc) is 2.34. The highest BCUT2D eigenvalue weighted by atomic mass is 32.2. The molecule has 19 heavy (non-hydrogen) atoms. The van der Waals surface area contributed by atoms with Crippen LogP contribution in [0, 0.1) is 5.92 Å². The molecule has 6 nitrogen and oxygen atoms in total. The first-order chi connectivity index (χ1) is 8.88. The van der Waals surface area contributed by atoms with Crippen LogP contribution >= 0.6 is 0 Å². The highest BCUT2D eigenvalue weighted by molar-refractivity contribution is 7.89. The Morgan fingerprint density at radius 3 is 2.63 bits per heavy atom. The van der Waals surface area contributed by atoms with Gasteiger partial charge < -0.3 is 9.84 Å². The smallest absolute Gasteiger partial charge is 0.307 e. The lowest BCUT2D eigenvalue weighted by atomic mass is 9.96. The quantitative estimate of drug-likeness (QED) is 0.706. The van der Waals surface area contributed by atoms with Crippen LogP contribution in [0.3, 0.4) is 0 Å². The first-order valence-electron chi connectivity index (χ1n) is 6.59. The summed E-state index contributed by atoms with van der Waals surface area (Å²) in [6.45, 7) is 2.48. The Labute approximate surface area is 114 Å². The maximum atomic E-state index is 12.2. The van der Waals surface area contributed by atoms with Gasteiger partial charge in [-0.25, -0.2) is 8.42 Å². The van der Waals surface area contributed by atoms with Crippen molar-refractivity contribution in [1.29, 1.82) is 0 Å². The van der Waals surface area contributed by atoms with Gasteiger partial charge in [0, 0.05) is 26.3 Å². The van der Waals surface area contributed by atoms with E-state index >= 15 is 0 Å². The van der Waals surface area contributed by atoms with E-state index in [2.05, 4.69) is 0 Å². The van der Waals surface area contributed by atoms with Crippen molar-refractivity contribution >= 4 is 16.0 Å². The number of nitrogens with zero attached hydrogens (tertiary/aromatic N) is 1. The van der Waals surface area contributed by atoms with Gasteiger partial charge in [0.2, 0.25) is 10.0 Å². The number of piperidine rings is 1. The van der Waals surface area contributed by atoms with Gasteiger partial charge in [0.15, 0.2) is 0 Å². The van der Waals surface area contributed by atoms with Gasteiger partial charge in [0.05, 0.1) is 11.7 Å². The third-order valence-corrected chi connectivity index (χ3v) is 5.56. The van der Waals surface area contributed by atoms with E-state index in [1.807, 2.05) is 6.92 Å². The van der Waals surface area contributed by atoms with Crippen molar-refractivity contribution in [3.8, 4) is 0 Å². The van der Waals surface area contributed by atoms with Crippen LogP contribution in [0.1, 0.15) is 32.6 Å². The summed E-state index contributed by atoms with van der Waals surface area (Å²) in [5, 5.41) is 9.02. The van der Waals surface area contributed by atoms with Crippen LogP contribution in [0.15, 0.2) is 0 Å². The van der Waals surface area contributed by atoms with Crippen molar-refractivity contribution in [1.82, 2.24) is 4.31 Å². The van der Waals surface area contributed by atoms with Crippen LogP contribution in [0.4, 0.5) is 0 Å². The van der Waals surface area contributed by atoms with Crippen molar-refractivity contribution in [2.24, 2.45) is 5.92 Å². The molecule has 0 amide bonds. The number of rotatable bonds is 7. The lowest BCUT2D eigenvalue weighted by molar-refractivity contribution is -0.143. The maximum absolute atomic E-state index is 12.2. The fraction of sp³-hybridized carbons (Fsp3) is 0.917. The topological polar surface area (TPSA) is 83.9 Å². The summed E-state index contributed by atoms with van der Waals surface area (Å²) < 4.78 is 30.7. The zero-order chi connectivity index (χ0) is 14.5. The molecule has 1 saturated heterocycles. The Balaban J connectivity index is 2.61. The molecule has 0 aliphatic carbocycles. The summed E-state index contributed by atoms with van der Waals surface area (Å²) in [6, 6.07) is -0.108. The Morgan fingerprint density at radius 2 is 2.05 bits per heavy atom. The third kappa shape index (κ3) is 4.74. The van der Waals surface area contributed by atoms with Crippen LogP contribution in [0.5, 0.6) is 0 Å². The minimum absolute atomic E-state index is 0.0625. The van der Waals surface area contributed by atoms with Crippen molar-refractivity contribution in [3.05, 3.63) is 0 Å². The van der Waals surface area contributed by atoms with Crippen molar-refractivity contribution in [2.75, 3.05) is 26.0 Å². The minimum atomic E-state index is -3.36. The van der Waals surface area contributed by atoms with Gasteiger partial charge in [0.1, 0.15) is 0 Å². The van der Waals surface area contributed by atoms with Gasteiger partial charge in [0.25, 0.3) is 0 Å². The van der Waals surface area contributed by atoms with E-state index in [9.17, 15) is 13.2 Å². The lowest BCUT2D eigenvalue weighted by Crippen LogP contribution is -2.48. The number of carbonyl (C=O) groups is 1. The number of aliphatic carboxylic acids is 1. The predicted molar refractivity (Wildman–Crippen MR) is 71.4 cm³/mol. The Bertz CT molecular complexity index is 395. The third-order valence-electron chi connectivity index (χ3n) is 3.53. The van der Waals surface area contributed by atoms with E-state index in [4.69, 9.17) is 9.84 Å². The molecule has 1 heterocycles. The fourth-order valence-corrected chi connectivity index (χ4v) is 4.18. The molecule has 1 rings (SSSR count). The molecule has 2 unspecified atom stereocenters. The molecule has 1 aliphatic rings. The molecular formula is C12H23NO5S. The van der Waals surface area contributed by atoms with Crippen molar-refractivity contribution in [2.45, 2.75) is 38.6 Å². The molecule has 7 heteroatoms. The molecule has 2 atom stereocenters. The van der Waals surface area contributed by atoms with Crippen molar-refractivity contribution in [3.63, 3.8) is 0 Å². The minimum Gasteiger partial charge on any atom is -0.481 e. The van der Waals surface area contributed by atoms with E-state index < -0.39 is 21.9 Å². The Kier molecular flexibility index (Phi) is 6.22. The van der Waals surface area contributed by atoms with Crippen LogP contribution in [0.25, 0.3) is 0 Å². The first-order valence-corrected chi connectivity index (χ1v) is 8.20. The Hall–Kier alpha value is -0.660. The molecule has 1 fully saturated rings. The second-order valence-corrected chi connectivity index (χ2v) is 7.09. The Morgan fingerprint density at radius 1 is 1.37 bits per heavy atom. The van der Waals surface area contributed by atoms with Crippen LogP contribution in [-0.2, 0) is 19.6 Å². The highest BCUT2D eigenvalue weighted by Gasteiger charge is 2.36. The number of methoxy groups -OCH3 is 1. The van der Waals surface area contributed by atoms with E-state index in [1.165, 1.54) is 4.31 Å². The second-order valence-electron chi connectivity index (χ2n) is 5.05. The van der Waals surface area contributed by atoms with Crippen LogP contribution in [-0.4, -0.2) is 55.9 Å².